The molecule has 1 aliphatic rings. The normalized spacial score (nSPS) is 19.7. The first-order valence-corrected chi connectivity index (χ1v) is 9.18. The van der Waals surface area contributed by atoms with Gasteiger partial charge in [0.15, 0.2) is 0 Å². The highest BCUT2D eigenvalue weighted by molar-refractivity contribution is 5.98. The molecule has 1 aromatic carbocycles. The summed E-state index contributed by atoms with van der Waals surface area (Å²) in [6, 6.07) is 13.5. The first-order chi connectivity index (χ1) is 13.2. The summed E-state index contributed by atoms with van der Waals surface area (Å²) in [5, 5.41) is 11.8. The number of carbonyl (C=O) groups is 1. The van der Waals surface area contributed by atoms with Crippen LogP contribution in [0.4, 0.5) is 5.82 Å². The second kappa shape index (κ2) is 7.57. The van der Waals surface area contributed by atoms with Crippen molar-refractivity contribution in [3.8, 4) is 5.69 Å². The summed E-state index contributed by atoms with van der Waals surface area (Å²) < 4.78 is 0. The summed E-state index contributed by atoms with van der Waals surface area (Å²) in [7, 11) is 0. The minimum atomic E-state index is 0.00270. The van der Waals surface area contributed by atoms with Gasteiger partial charge in [0.2, 0.25) is 0 Å². The summed E-state index contributed by atoms with van der Waals surface area (Å²) in [6.07, 6.45) is 6.94. The van der Waals surface area contributed by atoms with Gasteiger partial charge in [-0.15, -0.1) is 0 Å². The highest BCUT2D eigenvalue weighted by atomic mass is 16.2. The molecule has 138 valence electrons. The van der Waals surface area contributed by atoms with Gasteiger partial charge in [-0.3, -0.25) is 4.79 Å². The molecule has 0 unspecified atom stereocenters. The smallest absolute Gasteiger partial charge is 0.256 e. The Balaban J connectivity index is 1.57. The van der Waals surface area contributed by atoms with Gasteiger partial charge in [0.1, 0.15) is 5.82 Å². The van der Waals surface area contributed by atoms with Gasteiger partial charge in [0, 0.05) is 24.8 Å². The molecule has 2 atom stereocenters. The highest BCUT2D eigenvalue weighted by Crippen LogP contribution is 2.24. The van der Waals surface area contributed by atoms with Crippen molar-refractivity contribution in [3.63, 3.8) is 0 Å². The van der Waals surface area contributed by atoms with Gasteiger partial charge in [-0.2, -0.15) is 15.0 Å². The molecule has 0 spiro atoms. The zero-order valence-corrected chi connectivity index (χ0v) is 15.2. The van der Waals surface area contributed by atoms with Crippen molar-refractivity contribution in [2.75, 3.05) is 11.9 Å². The van der Waals surface area contributed by atoms with Crippen LogP contribution in [-0.2, 0) is 0 Å². The summed E-state index contributed by atoms with van der Waals surface area (Å²) >= 11 is 0. The number of pyridine rings is 1. The Morgan fingerprint density at radius 1 is 1.07 bits per heavy atom. The van der Waals surface area contributed by atoms with E-state index in [0.717, 1.165) is 25.2 Å². The van der Waals surface area contributed by atoms with E-state index in [2.05, 4.69) is 27.4 Å². The molecule has 27 heavy (non-hydrogen) atoms. The fraction of sp³-hybridized carbons (Fsp3) is 0.300. The number of anilines is 1. The maximum absolute atomic E-state index is 13.3. The van der Waals surface area contributed by atoms with Crippen molar-refractivity contribution in [3.05, 3.63) is 66.6 Å². The lowest BCUT2D eigenvalue weighted by molar-refractivity contribution is 0.0616. The molecule has 0 bridgehead atoms. The molecule has 1 amide bonds. The summed E-state index contributed by atoms with van der Waals surface area (Å²) in [4.78, 5) is 21.1. The SMILES string of the molecule is C[C@H]1[C@H](Nc2ccccn2)CCCN1C(=O)c1ccccc1-n1nccn1. The van der Waals surface area contributed by atoms with Gasteiger partial charge in [-0.1, -0.05) is 18.2 Å². The lowest BCUT2D eigenvalue weighted by atomic mass is 9.96. The van der Waals surface area contributed by atoms with Crippen LogP contribution in [0.1, 0.15) is 30.1 Å². The Kier molecular flexibility index (Phi) is 4.82. The third-order valence-corrected chi connectivity index (χ3v) is 5.02. The third-order valence-electron chi connectivity index (χ3n) is 5.02. The minimum Gasteiger partial charge on any atom is -0.365 e. The highest BCUT2D eigenvalue weighted by Gasteiger charge is 2.32. The molecule has 1 saturated heterocycles. The number of hydrogen-bond acceptors (Lipinski definition) is 5. The first-order valence-electron chi connectivity index (χ1n) is 9.18. The number of amides is 1. The maximum atomic E-state index is 13.3. The second-order valence-electron chi connectivity index (χ2n) is 6.68. The number of likely N-dealkylation sites (tertiary alicyclic amines) is 1. The van der Waals surface area contributed by atoms with Crippen LogP contribution in [-0.4, -0.2) is 49.4 Å². The van der Waals surface area contributed by atoms with E-state index >= 15 is 0 Å². The van der Waals surface area contributed by atoms with E-state index in [1.165, 1.54) is 4.80 Å². The van der Waals surface area contributed by atoms with Crippen LogP contribution in [0.25, 0.3) is 5.69 Å². The number of para-hydroxylation sites is 1. The van der Waals surface area contributed by atoms with E-state index < -0.39 is 0 Å². The molecular formula is C20H22N6O. The molecule has 4 rings (SSSR count). The predicted molar refractivity (Wildman–Crippen MR) is 103 cm³/mol. The molecule has 2 aromatic heterocycles. The van der Waals surface area contributed by atoms with E-state index in [9.17, 15) is 4.79 Å². The molecule has 7 nitrogen and oxygen atoms in total. The Hall–Kier alpha value is -3.22. The number of nitrogens with one attached hydrogen (secondary N) is 1. The first kappa shape index (κ1) is 17.2. The van der Waals surface area contributed by atoms with Crippen LogP contribution in [0.2, 0.25) is 0 Å². The number of benzene rings is 1. The molecule has 3 heterocycles. The second-order valence-corrected chi connectivity index (χ2v) is 6.68. The van der Waals surface area contributed by atoms with Gasteiger partial charge < -0.3 is 10.2 Å². The van der Waals surface area contributed by atoms with Gasteiger partial charge in [-0.05, 0) is 44.0 Å². The summed E-state index contributed by atoms with van der Waals surface area (Å²) in [6.45, 7) is 2.83. The fourth-order valence-corrected chi connectivity index (χ4v) is 3.58. The molecule has 0 aliphatic carbocycles. The van der Waals surface area contributed by atoms with Crippen LogP contribution in [0.3, 0.4) is 0 Å². The van der Waals surface area contributed by atoms with Crippen LogP contribution >= 0.6 is 0 Å². The summed E-state index contributed by atoms with van der Waals surface area (Å²) in [5.74, 6) is 0.840. The van der Waals surface area contributed by atoms with Gasteiger partial charge >= 0.3 is 0 Å². The third kappa shape index (κ3) is 3.53. The van der Waals surface area contributed by atoms with Crippen LogP contribution in [0, 0.1) is 0 Å². The Bertz CT molecular complexity index is 896. The average molecular weight is 362 g/mol. The molecular weight excluding hydrogens is 340 g/mol. The van der Waals surface area contributed by atoms with Crippen LogP contribution < -0.4 is 5.32 Å². The van der Waals surface area contributed by atoms with Crippen LogP contribution in [0.5, 0.6) is 0 Å². The minimum absolute atomic E-state index is 0.00270. The van der Waals surface area contributed by atoms with Gasteiger partial charge in [-0.25, -0.2) is 4.98 Å². The zero-order valence-electron chi connectivity index (χ0n) is 15.2. The van der Waals surface area contributed by atoms with Crippen molar-refractivity contribution < 1.29 is 4.79 Å². The fourth-order valence-electron chi connectivity index (χ4n) is 3.58. The molecule has 1 aliphatic heterocycles. The molecule has 7 heteroatoms. The average Bonchev–Trinajstić information content (AvgIpc) is 3.25. The number of rotatable bonds is 4. The molecule has 0 radical (unpaired) electrons. The quantitative estimate of drug-likeness (QED) is 0.772. The largest absolute Gasteiger partial charge is 0.365 e. The van der Waals surface area contributed by atoms with Gasteiger partial charge in [0.05, 0.1) is 23.6 Å². The number of carbonyl (C=O) groups excluding carboxylic acids is 1. The number of aromatic nitrogens is 4. The van der Waals surface area contributed by atoms with Crippen molar-refractivity contribution >= 4 is 11.7 Å². The molecule has 1 N–H and O–H groups in total. The molecule has 0 saturated carbocycles. The van der Waals surface area contributed by atoms with E-state index in [4.69, 9.17) is 0 Å². The zero-order chi connectivity index (χ0) is 18.6. The van der Waals surface area contributed by atoms with Crippen LogP contribution in [0.15, 0.2) is 61.1 Å². The van der Waals surface area contributed by atoms with Crippen molar-refractivity contribution in [1.29, 1.82) is 0 Å². The maximum Gasteiger partial charge on any atom is 0.256 e. The number of piperidine rings is 1. The number of hydrogen-bond donors (Lipinski definition) is 1. The van der Waals surface area contributed by atoms with E-state index in [1.807, 2.05) is 47.4 Å². The van der Waals surface area contributed by atoms with Gasteiger partial charge in [0.25, 0.3) is 5.91 Å². The monoisotopic (exact) mass is 362 g/mol. The van der Waals surface area contributed by atoms with Crippen molar-refractivity contribution in [2.45, 2.75) is 31.8 Å². The Labute approximate surface area is 158 Å². The lowest BCUT2D eigenvalue weighted by Gasteiger charge is -2.40. The molecule has 3 aromatic rings. The van der Waals surface area contributed by atoms with E-state index in [0.29, 0.717) is 11.3 Å². The standard InChI is InChI=1S/C20H22N6O/c1-15-17(24-19-10-4-5-11-21-19)8-6-14-25(15)20(27)16-7-2-3-9-18(16)26-22-12-13-23-26/h2-5,7,9-13,15,17H,6,8,14H2,1H3,(H,21,24)/t15-,17+/m0/s1. The Morgan fingerprint density at radius 2 is 1.85 bits per heavy atom. The lowest BCUT2D eigenvalue weighted by Crippen LogP contribution is -2.52. The van der Waals surface area contributed by atoms with E-state index in [-0.39, 0.29) is 18.0 Å². The van der Waals surface area contributed by atoms with Crippen molar-refractivity contribution in [2.24, 2.45) is 0 Å². The Morgan fingerprint density at radius 3 is 2.63 bits per heavy atom. The number of nitrogens with zero attached hydrogens (tertiary/aromatic N) is 5. The topological polar surface area (TPSA) is 75.9 Å². The van der Waals surface area contributed by atoms with E-state index in [1.54, 1.807) is 18.6 Å². The predicted octanol–water partition coefficient (Wildman–Crippen LogP) is 2.77. The molecule has 1 fully saturated rings. The van der Waals surface area contributed by atoms with Crippen molar-refractivity contribution in [1.82, 2.24) is 24.9 Å². The summed E-state index contributed by atoms with van der Waals surface area (Å²) in [5.41, 5.74) is 1.30.